The second kappa shape index (κ2) is 2.65. The second-order valence-corrected chi connectivity index (χ2v) is 2.84. The summed E-state index contributed by atoms with van der Waals surface area (Å²) in [6.45, 7) is 1.93. The van der Waals surface area contributed by atoms with Gasteiger partial charge in [0, 0.05) is 0 Å². The lowest BCUT2D eigenvalue weighted by Gasteiger charge is -1.89. The minimum atomic E-state index is -1.09. The van der Waals surface area contributed by atoms with Crippen molar-refractivity contribution in [3.8, 4) is 0 Å². The molecular weight excluding hydrogens is 168 g/mol. The third kappa shape index (κ3) is 1.30. The van der Waals surface area contributed by atoms with E-state index in [0.717, 1.165) is 5.56 Å². The molecule has 1 heterocycles. The Morgan fingerprint density at radius 1 is 1.31 bits per heavy atom. The zero-order chi connectivity index (χ0) is 9.42. The molecule has 0 saturated heterocycles. The highest BCUT2D eigenvalue weighted by Gasteiger charge is 2.19. The van der Waals surface area contributed by atoms with Crippen molar-refractivity contribution >= 4 is 5.97 Å². The SMILES string of the molecule is Cc1ccc2c(c1)=N[C](C(=O)O)N=2. The monoisotopic (exact) mass is 175 g/mol. The van der Waals surface area contributed by atoms with Crippen LogP contribution in [0.15, 0.2) is 28.2 Å². The van der Waals surface area contributed by atoms with E-state index in [0.29, 0.717) is 10.7 Å². The maximum Gasteiger partial charge on any atom is 0.360 e. The van der Waals surface area contributed by atoms with Gasteiger partial charge in [0.1, 0.15) is 0 Å². The molecule has 0 bridgehead atoms. The minimum Gasteiger partial charge on any atom is -0.478 e. The summed E-state index contributed by atoms with van der Waals surface area (Å²) in [6.07, 6.45) is -0.138. The molecule has 1 aromatic carbocycles. The van der Waals surface area contributed by atoms with Crippen molar-refractivity contribution < 1.29 is 9.90 Å². The third-order valence-corrected chi connectivity index (χ3v) is 1.77. The average molecular weight is 175 g/mol. The Morgan fingerprint density at radius 3 is 2.69 bits per heavy atom. The summed E-state index contributed by atoms with van der Waals surface area (Å²) in [5, 5.41) is 9.89. The van der Waals surface area contributed by atoms with E-state index in [9.17, 15) is 4.79 Å². The highest BCUT2D eigenvalue weighted by Crippen LogP contribution is 2.04. The highest BCUT2D eigenvalue weighted by atomic mass is 16.4. The third-order valence-electron chi connectivity index (χ3n) is 1.77. The second-order valence-electron chi connectivity index (χ2n) is 2.84. The number of fused-ring (bicyclic) bond motifs is 1. The van der Waals surface area contributed by atoms with E-state index >= 15 is 0 Å². The van der Waals surface area contributed by atoms with Gasteiger partial charge in [-0.2, -0.15) is 0 Å². The van der Waals surface area contributed by atoms with Gasteiger partial charge in [-0.05, 0) is 24.6 Å². The van der Waals surface area contributed by atoms with Crippen LogP contribution in [-0.2, 0) is 4.79 Å². The Balaban J connectivity index is 2.61. The quantitative estimate of drug-likeness (QED) is 0.643. The number of aliphatic carboxylic acids is 1. The smallest absolute Gasteiger partial charge is 0.360 e. The van der Waals surface area contributed by atoms with Gasteiger partial charge in [0.15, 0.2) is 0 Å². The fourth-order valence-electron chi connectivity index (χ4n) is 1.17. The van der Waals surface area contributed by atoms with Crippen LogP contribution < -0.4 is 10.7 Å². The van der Waals surface area contributed by atoms with E-state index in [1.54, 1.807) is 6.07 Å². The molecule has 0 amide bonds. The number of hydrogen-bond donors (Lipinski definition) is 1. The Hall–Kier alpha value is -1.71. The van der Waals surface area contributed by atoms with E-state index in [2.05, 4.69) is 9.98 Å². The lowest BCUT2D eigenvalue weighted by atomic mass is 10.2. The summed E-state index contributed by atoms with van der Waals surface area (Å²) >= 11 is 0. The lowest BCUT2D eigenvalue weighted by Crippen LogP contribution is -2.20. The van der Waals surface area contributed by atoms with E-state index in [-0.39, 0.29) is 6.17 Å². The van der Waals surface area contributed by atoms with Crippen molar-refractivity contribution in [1.29, 1.82) is 0 Å². The molecule has 4 heteroatoms. The van der Waals surface area contributed by atoms with E-state index in [1.165, 1.54) is 0 Å². The maximum absolute atomic E-state index is 10.5. The number of hydrogen-bond acceptors (Lipinski definition) is 3. The van der Waals surface area contributed by atoms with Crippen molar-refractivity contribution in [2.24, 2.45) is 9.98 Å². The fourth-order valence-corrected chi connectivity index (χ4v) is 1.17. The van der Waals surface area contributed by atoms with Crippen LogP contribution in [0.2, 0.25) is 0 Å². The molecule has 0 saturated carbocycles. The molecule has 1 N–H and O–H groups in total. The van der Waals surface area contributed by atoms with Crippen LogP contribution in [0.3, 0.4) is 0 Å². The van der Waals surface area contributed by atoms with Gasteiger partial charge in [0.05, 0.1) is 10.7 Å². The Kier molecular flexibility index (Phi) is 1.62. The molecule has 4 nitrogen and oxygen atoms in total. The van der Waals surface area contributed by atoms with Gasteiger partial charge in [0.25, 0.3) is 0 Å². The van der Waals surface area contributed by atoms with Gasteiger partial charge in [0.2, 0.25) is 0 Å². The number of carboxylic acids is 1. The van der Waals surface area contributed by atoms with Crippen LogP contribution >= 0.6 is 0 Å². The molecule has 0 aliphatic carbocycles. The van der Waals surface area contributed by atoms with Crippen molar-refractivity contribution in [1.82, 2.24) is 0 Å². The molecule has 0 atom stereocenters. The normalized spacial score (nSPS) is 14.5. The first kappa shape index (κ1) is 7.91. The summed E-state index contributed by atoms with van der Waals surface area (Å²) in [5.41, 5.74) is 1.05. The molecular formula is C9H7N2O2. The standard InChI is InChI=1S/C9H7N2O2/c1-5-2-3-6-7(4-5)11-8(10-6)9(12)13/h2-4H,1H3,(H,12,13). The molecule has 2 rings (SSSR count). The van der Waals surface area contributed by atoms with E-state index < -0.39 is 5.97 Å². The molecule has 1 aliphatic rings. The van der Waals surface area contributed by atoms with Crippen LogP contribution in [0.25, 0.3) is 0 Å². The van der Waals surface area contributed by atoms with Crippen molar-refractivity contribution in [3.63, 3.8) is 0 Å². The van der Waals surface area contributed by atoms with Crippen LogP contribution in [0.4, 0.5) is 0 Å². The van der Waals surface area contributed by atoms with Crippen LogP contribution in [0, 0.1) is 13.1 Å². The van der Waals surface area contributed by atoms with Crippen molar-refractivity contribution in [2.45, 2.75) is 6.92 Å². The Labute approximate surface area is 74.3 Å². The lowest BCUT2D eigenvalue weighted by molar-refractivity contribution is -0.134. The summed E-state index contributed by atoms with van der Waals surface area (Å²) in [7, 11) is 0. The van der Waals surface area contributed by atoms with Crippen LogP contribution in [0.1, 0.15) is 5.56 Å². The highest BCUT2D eigenvalue weighted by molar-refractivity contribution is 5.82. The topological polar surface area (TPSA) is 62.0 Å². The summed E-state index contributed by atoms with van der Waals surface area (Å²) in [4.78, 5) is 18.2. The average Bonchev–Trinajstić information content (AvgIpc) is 2.46. The number of aryl methyl sites for hydroxylation is 1. The number of rotatable bonds is 1. The zero-order valence-corrected chi connectivity index (χ0v) is 6.98. The first-order valence-corrected chi connectivity index (χ1v) is 3.81. The molecule has 1 radical (unpaired) electrons. The van der Waals surface area contributed by atoms with E-state index in [1.807, 2.05) is 19.1 Å². The molecule has 0 fully saturated rings. The van der Waals surface area contributed by atoms with Gasteiger partial charge in [-0.3, -0.25) is 0 Å². The number of carboxylic acid groups (broad SMARTS) is 1. The Bertz CT molecular complexity index is 479. The Morgan fingerprint density at radius 2 is 2.00 bits per heavy atom. The van der Waals surface area contributed by atoms with Gasteiger partial charge in [-0.1, -0.05) is 6.07 Å². The molecule has 1 aliphatic heterocycles. The predicted molar refractivity (Wildman–Crippen MR) is 44.4 cm³/mol. The molecule has 13 heavy (non-hydrogen) atoms. The number of benzene rings is 1. The molecule has 0 spiro atoms. The zero-order valence-electron chi connectivity index (χ0n) is 6.98. The van der Waals surface area contributed by atoms with Crippen LogP contribution in [0.5, 0.6) is 0 Å². The number of carbonyl (C=O) groups is 1. The van der Waals surface area contributed by atoms with Gasteiger partial charge < -0.3 is 5.11 Å². The van der Waals surface area contributed by atoms with Crippen molar-refractivity contribution in [2.75, 3.05) is 0 Å². The van der Waals surface area contributed by atoms with Gasteiger partial charge in [-0.25, -0.2) is 14.8 Å². The van der Waals surface area contributed by atoms with Gasteiger partial charge >= 0.3 is 12.1 Å². The predicted octanol–water partition coefficient (Wildman–Crippen LogP) is -0.178. The summed E-state index contributed by atoms with van der Waals surface area (Å²) < 4.78 is 0. The minimum absolute atomic E-state index is 0.138. The van der Waals surface area contributed by atoms with Gasteiger partial charge in [-0.15, -0.1) is 0 Å². The molecule has 65 valence electrons. The van der Waals surface area contributed by atoms with Crippen molar-refractivity contribution in [3.05, 3.63) is 40.6 Å². The van der Waals surface area contributed by atoms with E-state index in [4.69, 9.17) is 5.11 Å². The fraction of sp³-hybridized carbons (Fsp3) is 0.111. The summed E-state index contributed by atoms with van der Waals surface area (Å²) in [5.74, 6) is -1.09. The largest absolute Gasteiger partial charge is 0.478 e. The molecule has 0 aromatic heterocycles. The first-order chi connectivity index (χ1) is 6.16. The summed E-state index contributed by atoms with van der Waals surface area (Å²) in [6, 6.07) is 5.46. The van der Waals surface area contributed by atoms with Crippen LogP contribution in [-0.4, -0.2) is 11.1 Å². The maximum atomic E-state index is 10.5. The molecule has 1 aromatic rings. The first-order valence-electron chi connectivity index (χ1n) is 3.81. The number of nitrogens with zero attached hydrogens (tertiary/aromatic N) is 2. The molecule has 0 unspecified atom stereocenters.